The Balaban J connectivity index is 1.67. The van der Waals surface area contributed by atoms with Crippen molar-refractivity contribution in [3.63, 3.8) is 0 Å². The second kappa shape index (κ2) is 7.33. The van der Waals surface area contributed by atoms with Crippen LogP contribution in [-0.2, 0) is 4.79 Å². The molecule has 3 aromatic rings. The lowest BCUT2D eigenvalue weighted by molar-refractivity contribution is -0.117. The minimum Gasteiger partial charge on any atom is -0.325 e. The predicted molar refractivity (Wildman–Crippen MR) is 105 cm³/mol. The number of aryl methyl sites for hydroxylation is 1. The molecule has 1 aromatic heterocycles. The second-order valence-electron chi connectivity index (χ2n) is 6.41. The number of rotatable bonds is 5. The first-order chi connectivity index (χ1) is 12.0. The number of hydrogen-bond donors (Lipinski definition) is 1. The van der Waals surface area contributed by atoms with E-state index < -0.39 is 0 Å². The van der Waals surface area contributed by atoms with Gasteiger partial charge >= 0.3 is 0 Å². The zero-order chi connectivity index (χ0) is 18.0. The van der Waals surface area contributed by atoms with E-state index in [9.17, 15) is 4.79 Å². The Labute approximate surface area is 152 Å². The zero-order valence-corrected chi connectivity index (χ0v) is 15.9. The molecule has 0 radical (unpaired) electrons. The van der Waals surface area contributed by atoms with Crippen molar-refractivity contribution in [2.75, 3.05) is 18.9 Å². The molecule has 0 aliphatic rings. The van der Waals surface area contributed by atoms with E-state index in [2.05, 4.69) is 18.3 Å². The Bertz CT molecular complexity index is 870. The van der Waals surface area contributed by atoms with Crippen LogP contribution in [0.15, 0.2) is 42.5 Å². The SMILES string of the molecule is Cc1cccc(NC(=O)CN(C)[C@@H](C)c2nc3ccccc3s2)c1C. The Kier molecular flexibility index (Phi) is 5.16. The number of para-hydroxylation sites is 1. The zero-order valence-electron chi connectivity index (χ0n) is 15.0. The maximum Gasteiger partial charge on any atom is 0.238 e. The summed E-state index contributed by atoms with van der Waals surface area (Å²) in [5.74, 6) is -0.0100. The lowest BCUT2D eigenvalue weighted by Gasteiger charge is -2.22. The summed E-state index contributed by atoms with van der Waals surface area (Å²) in [7, 11) is 1.96. The van der Waals surface area contributed by atoms with Gasteiger partial charge in [0.05, 0.1) is 22.8 Å². The van der Waals surface area contributed by atoms with E-state index in [1.54, 1.807) is 11.3 Å². The highest BCUT2D eigenvalue weighted by Crippen LogP contribution is 2.28. The van der Waals surface area contributed by atoms with Crippen molar-refractivity contribution in [3.05, 3.63) is 58.6 Å². The average Bonchev–Trinajstić information content (AvgIpc) is 3.02. The molecule has 0 saturated carbocycles. The van der Waals surface area contributed by atoms with Crippen molar-refractivity contribution >= 4 is 33.1 Å². The number of aromatic nitrogens is 1. The predicted octanol–water partition coefficient (Wildman–Crippen LogP) is 4.54. The van der Waals surface area contributed by atoms with Crippen LogP contribution in [0.5, 0.6) is 0 Å². The van der Waals surface area contributed by atoms with Gasteiger partial charge in [-0.15, -0.1) is 11.3 Å². The number of amides is 1. The van der Waals surface area contributed by atoms with Crippen molar-refractivity contribution in [1.82, 2.24) is 9.88 Å². The fraction of sp³-hybridized carbons (Fsp3) is 0.300. The van der Waals surface area contributed by atoms with Crippen LogP contribution in [0.3, 0.4) is 0 Å². The molecule has 0 unspecified atom stereocenters. The molecule has 0 spiro atoms. The molecule has 4 nitrogen and oxygen atoms in total. The summed E-state index contributed by atoms with van der Waals surface area (Å²) < 4.78 is 1.18. The fourth-order valence-electron chi connectivity index (χ4n) is 2.70. The van der Waals surface area contributed by atoms with E-state index in [1.165, 1.54) is 10.3 Å². The number of likely N-dealkylation sites (N-methyl/N-ethyl adjacent to an activating group) is 1. The molecule has 0 saturated heterocycles. The summed E-state index contributed by atoms with van der Waals surface area (Å²) in [6.45, 7) is 6.48. The van der Waals surface area contributed by atoms with Gasteiger partial charge in [-0.1, -0.05) is 24.3 Å². The number of nitrogens with one attached hydrogen (secondary N) is 1. The molecule has 0 aliphatic carbocycles. The quantitative estimate of drug-likeness (QED) is 0.732. The number of nitrogens with zero attached hydrogens (tertiary/aromatic N) is 2. The Morgan fingerprint density at radius 3 is 2.72 bits per heavy atom. The van der Waals surface area contributed by atoms with Crippen molar-refractivity contribution < 1.29 is 4.79 Å². The summed E-state index contributed by atoms with van der Waals surface area (Å²) in [6.07, 6.45) is 0. The van der Waals surface area contributed by atoms with E-state index in [0.29, 0.717) is 6.54 Å². The van der Waals surface area contributed by atoms with Gasteiger partial charge in [0, 0.05) is 5.69 Å². The summed E-state index contributed by atoms with van der Waals surface area (Å²) in [5, 5.41) is 4.05. The van der Waals surface area contributed by atoms with Crippen molar-refractivity contribution in [3.8, 4) is 0 Å². The Morgan fingerprint density at radius 1 is 1.20 bits per heavy atom. The summed E-state index contributed by atoms with van der Waals surface area (Å²) in [6, 6.07) is 14.2. The van der Waals surface area contributed by atoms with Crippen LogP contribution >= 0.6 is 11.3 Å². The number of carbonyl (C=O) groups excluding carboxylic acids is 1. The second-order valence-corrected chi connectivity index (χ2v) is 7.47. The molecule has 1 heterocycles. The van der Waals surface area contributed by atoms with Crippen LogP contribution in [0.1, 0.15) is 29.1 Å². The van der Waals surface area contributed by atoms with Gasteiger partial charge in [0.1, 0.15) is 5.01 Å². The summed E-state index contributed by atoms with van der Waals surface area (Å²) in [4.78, 5) is 19.1. The highest BCUT2D eigenvalue weighted by molar-refractivity contribution is 7.18. The smallest absolute Gasteiger partial charge is 0.238 e. The van der Waals surface area contributed by atoms with Crippen LogP contribution in [0.2, 0.25) is 0 Å². The maximum atomic E-state index is 12.4. The molecule has 1 atom stereocenters. The first kappa shape index (κ1) is 17.6. The van der Waals surface area contributed by atoms with Gasteiger partial charge in [-0.2, -0.15) is 0 Å². The Morgan fingerprint density at radius 2 is 1.96 bits per heavy atom. The Hall–Kier alpha value is -2.24. The number of carbonyl (C=O) groups is 1. The number of benzene rings is 2. The average molecular weight is 353 g/mol. The molecular formula is C20H23N3OS. The molecule has 25 heavy (non-hydrogen) atoms. The molecule has 2 aromatic carbocycles. The van der Waals surface area contributed by atoms with Gasteiger partial charge in [0.25, 0.3) is 0 Å². The van der Waals surface area contributed by atoms with Crippen LogP contribution < -0.4 is 5.32 Å². The fourth-order valence-corrected chi connectivity index (χ4v) is 3.78. The van der Waals surface area contributed by atoms with E-state index >= 15 is 0 Å². The van der Waals surface area contributed by atoms with E-state index in [4.69, 9.17) is 4.98 Å². The molecular weight excluding hydrogens is 330 g/mol. The van der Waals surface area contributed by atoms with Crippen LogP contribution in [0, 0.1) is 13.8 Å². The topological polar surface area (TPSA) is 45.2 Å². The molecule has 130 valence electrons. The molecule has 1 amide bonds. The number of fused-ring (bicyclic) bond motifs is 1. The minimum absolute atomic E-state index is 0.0100. The van der Waals surface area contributed by atoms with Gasteiger partial charge < -0.3 is 5.32 Å². The molecule has 3 rings (SSSR count). The third-order valence-electron chi connectivity index (χ3n) is 4.60. The monoisotopic (exact) mass is 353 g/mol. The van der Waals surface area contributed by atoms with Crippen LogP contribution in [-0.4, -0.2) is 29.4 Å². The minimum atomic E-state index is -0.0100. The van der Waals surface area contributed by atoms with Crippen LogP contribution in [0.4, 0.5) is 5.69 Å². The number of thiazole rings is 1. The highest BCUT2D eigenvalue weighted by Gasteiger charge is 2.18. The maximum absolute atomic E-state index is 12.4. The largest absolute Gasteiger partial charge is 0.325 e. The summed E-state index contributed by atoms with van der Waals surface area (Å²) >= 11 is 1.68. The number of hydrogen-bond acceptors (Lipinski definition) is 4. The highest BCUT2D eigenvalue weighted by atomic mass is 32.1. The summed E-state index contributed by atoms with van der Waals surface area (Å²) in [5.41, 5.74) is 4.18. The van der Waals surface area contributed by atoms with Crippen molar-refractivity contribution in [2.24, 2.45) is 0 Å². The van der Waals surface area contributed by atoms with Crippen molar-refractivity contribution in [1.29, 1.82) is 0 Å². The third kappa shape index (κ3) is 3.89. The molecule has 0 aliphatic heterocycles. The first-order valence-corrected chi connectivity index (χ1v) is 9.19. The van der Waals surface area contributed by atoms with Gasteiger partial charge in [0.15, 0.2) is 0 Å². The standard InChI is InChI=1S/C20H23N3OS/c1-13-8-7-10-16(14(13)2)21-19(24)12-23(4)15(3)20-22-17-9-5-6-11-18(17)25-20/h5-11,15H,12H2,1-4H3,(H,21,24)/t15-/m0/s1. The molecule has 0 bridgehead atoms. The van der Waals surface area contributed by atoms with Gasteiger partial charge in [0.2, 0.25) is 5.91 Å². The molecule has 5 heteroatoms. The van der Waals surface area contributed by atoms with Gasteiger partial charge in [-0.3, -0.25) is 9.69 Å². The molecule has 1 N–H and O–H groups in total. The lowest BCUT2D eigenvalue weighted by Crippen LogP contribution is -2.32. The van der Waals surface area contributed by atoms with E-state index in [1.807, 2.05) is 62.2 Å². The normalized spacial score (nSPS) is 12.5. The molecule has 0 fully saturated rings. The number of anilines is 1. The van der Waals surface area contributed by atoms with Crippen LogP contribution in [0.25, 0.3) is 10.2 Å². The lowest BCUT2D eigenvalue weighted by atomic mass is 10.1. The van der Waals surface area contributed by atoms with Gasteiger partial charge in [-0.05, 0) is 57.1 Å². The van der Waals surface area contributed by atoms with E-state index in [0.717, 1.165) is 21.8 Å². The third-order valence-corrected chi connectivity index (χ3v) is 5.81. The van der Waals surface area contributed by atoms with Gasteiger partial charge in [-0.25, -0.2) is 4.98 Å². The van der Waals surface area contributed by atoms with E-state index in [-0.39, 0.29) is 11.9 Å². The first-order valence-electron chi connectivity index (χ1n) is 8.37. The van der Waals surface area contributed by atoms with Crippen molar-refractivity contribution in [2.45, 2.75) is 26.8 Å².